The third kappa shape index (κ3) is 2.61. The highest BCUT2D eigenvalue weighted by Gasteiger charge is 2.29. The second-order valence-corrected chi connectivity index (χ2v) is 5.31. The molecular formula is C13H18N6O2. The molecule has 8 heteroatoms. The number of aryl methyl sites for hydroxylation is 1. The molecule has 0 aliphatic carbocycles. The Kier molecular flexibility index (Phi) is 3.59. The van der Waals surface area contributed by atoms with E-state index in [2.05, 4.69) is 15.3 Å². The molecule has 1 fully saturated rings. The van der Waals surface area contributed by atoms with Crippen molar-refractivity contribution in [3.63, 3.8) is 0 Å². The van der Waals surface area contributed by atoms with Gasteiger partial charge in [-0.15, -0.1) is 0 Å². The van der Waals surface area contributed by atoms with Crippen LogP contribution in [0.5, 0.6) is 0 Å². The Morgan fingerprint density at radius 2 is 2.33 bits per heavy atom. The summed E-state index contributed by atoms with van der Waals surface area (Å²) in [7, 11) is 1.62. The van der Waals surface area contributed by atoms with Crippen molar-refractivity contribution < 1.29 is 4.79 Å². The van der Waals surface area contributed by atoms with Gasteiger partial charge in [0.1, 0.15) is 12.9 Å². The van der Waals surface area contributed by atoms with E-state index in [-0.39, 0.29) is 24.2 Å². The average molecular weight is 290 g/mol. The maximum atomic E-state index is 12.5. The minimum atomic E-state index is -0.278. The van der Waals surface area contributed by atoms with Gasteiger partial charge in [-0.3, -0.25) is 14.5 Å². The van der Waals surface area contributed by atoms with Gasteiger partial charge in [0.15, 0.2) is 0 Å². The minimum Gasteiger partial charge on any atom is -0.334 e. The quantitative estimate of drug-likeness (QED) is 0.865. The summed E-state index contributed by atoms with van der Waals surface area (Å²) in [6.45, 7) is 0.685. The van der Waals surface area contributed by atoms with Gasteiger partial charge < -0.3 is 4.90 Å². The van der Waals surface area contributed by atoms with Crippen molar-refractivity contribution >= 4 is 5.91 Å². The van der Waals surface area contributed by atoms with E-state index in [9.17, 15) is 9.59 Å². The molecule has 3 heterocycles. The monoisotopic (exact) mass is 290 g/mol. The van der Waals surface area contributed by atoms with Crippen LogP contribution in [0.15, 0.2) is 23.5 Å². The van der Waals surface area contributed by atoms with Crippen LogP contribution in [0.1, 0.15) is 30.9 Å². The molecule has 21 heavy (non-hydrogen) atoms. The number of piperidine rings is 1. The topological polar surface area (TPSA) is 88.8 Å². The van der Waals surface area contributed by atoms with Crippen molar-refractivity contribution in [2.75, 3.05) is 6.54 Å². The van der Waals surface area contributed by atoms with Crippen LogP contribution in [0.2, 0.25) is 0 Å². The van der Waals surface area contributed by atoms with Crippen LogP contribution in [0.3, 0.4) is 0 Å². The van der Waals surface area contributed by atoms with Gasteiger partial charge in [-0.2, -0.15) is 10.2 Å². The summed E-state index contributed by atoms with van der Waals surface area (Å²) < 4.78 is 2.56. The summed E-state index contributed by atoms with van der Waals surface area (Å²) in [6.07, 6.45) is 7.98. The van der Waals surface area contributed by atoms with E-state index in [0.717, 1.165) is 24.8 Å². The SMILES string of the molecule is Cn1cnn(CC(=O)N2CCCCC2c2cn[nH]c2)c1=O. The van der Waals surface area contributed by atoms with E-state index in [4.69, 9.17) is 0 Å². The summed E-state index contributed by atoms with van der Waals surface area (Å²) in [6, 6.07) is 0.0319. The first-order chi connectivity index (χ1) is 10.2. The number of H-pyrrole nitrogens is 1. The molecule has 0 aromatic carbocycles. The van der Waals surface area contributed by atoms with Gasteiger partial charge in [0.25, 0.3) is 0 Å². The van der Waals surface area contributed by atoms with Crippen molar-refractivity contribution in [1.29, 1.82) is 0 Å². The molecule has 112 valence electrons. The predicted octanol–water partition coefficient (Wildman–Crippen LogP) is 0.0587. The maximum absolute atomic E-state index is 12.5. The van der Waals surface area contributed by atoms with Crippen molar-refractivity contribution in [3.05, 3.63) is 34.8 Å². The fourth-order valence-electron chi connectivity index (χ4n) is 2.77. The standard InChI is InChI=1S/C13H18N6O2/c1-17-9-16-19(13(17)21)8-12(20)18-5-3-2-4-11(18)10-6-14-15-7-10/h6-7,9,11H,2-5,8H2,1H3,(H,14,15). The molecule has 1 atom stereocenters. The number of nitrogens with one attached hydrogen (secondary N) is 1. The van der Waals surface area contributed by atoms with E-state index in [1.807, 2.05) is 11.1 Å². The van der Waals surface area contributed by atoms with Crippen molar-refractivity contribution in [1.82, 2.24) is 29.4 Å². The highest BCUT2D eigenvalue weighted by atomic mass is 16.2. The molecule has 1 unspecified atom stereocenters. The number of carbonyl (C=O) groups is 1. The fourth-order valence-corrected chi connectivity index (χ4v) is 2.77. The van der Waals surface area contributed by atoms with Gasteiger partial charge in [0.05, 0.1) is 12.2 Å². The minimum absolute atomic E-state index is 0.0198. The first-order valence-corrected chi connectivity index (χ1v) is 7.03. The lowest BCUT2D eigenvalue weighted by molar-refractivity contribution is -0.136. The summed E-state index contributed by atoms with van der Waals surface area (Å²) in [5.41, 5.74) is 0.733. The van der Waals surface area contributed by atoms with Gasteiger partial charge in [-0.05, 0) is 19.3 Å². The maximum Gasteiger partial charge on any atom is 0.345 e. The first-order valence-electron chi connectivity index (χ1n) is 7.03. The lowest BCUT2D eigenvalue weighted by Crippen LogP contribution is -2.41. The van der Waals surface area contributed by atoms with E-state index in [1.54, 1.807) is 13.2 Å². The predicted molar refractivity (Wildman–Crippen MR) is 74.4 cm³/mol. The zero-order valence-electron chi connectivity index (χ0n) is 11.9. The number of hydrogen-bond acceptors (Lipinski definition) is 4. The largest absolute Gasteiger partial charge is 0.345 e. The average Bonchev–Trinajstić information content (AvgIpc) is 3.13. The Balaban J connectivity index is 1.78. The van der Waals surface area contributed by atoms with E-state index < -0.39 is 0 Å². The number of aromatic nitrogens is 5. The summed E-state index contributed by atoms with van der Waals surface area (Å²) in [4.78, 5) is 26.1. The van der Waals surface area contributed by atoms with Crippen LogP contribution >= 0.6 is 0 Å². The Labute approximate surface area is 121 Å². The van der Waals surface area contributed by atoms with Gasteiger partial charge in [0.2, 0.25) is 5.91 Å². The number of aromatic amines is 1. The molecule has 1 aliphatic heterocycles. The van der Waals surface area contributed by atoms with Crippen LogP contribution < -0.4 is 5.69 Å². The van der Waals surface area contributed by atoms with E-state index >= 15 is 0 Å². The van der Waals surface area contributed by atoms with Crippen LogP contribution in [0.25, 0.3) is 0 Å². The summed E-state index contributed by atoms with van der Waals surface area (Å²) >= 11 is 0. The summed E-state index contributed by atoms with van der Waals surface area (Å²) in [5, 5.41) is 10.7. The van der Waals surface area contributed by atoms with Crippen molar-refractivity contribution in [3.8, 4) is 0 Å². The highest BCUT2D eigenvalue weighted by molar-refractivity contribution is 5.76. The van der Waals surface area contributed by atoms with E-state index in [1.165, 1.54) is 15.6 Å². The normalized spacial score (nSPS) is 18.9. The Hall–Kier alpha value is -2.38. The number of hydrogen-bond donors (Lipinski definition) is 1. The van der Waals surface area contributed by atoms with Crippen molar-refractivity contribution in [2.45, 2.75) is 31.8 Å². The molecule has 0 saturated carbocycles. The number of likely N-dealkylation sites (tertiary alicyclic amines) is 1. The molecule has 3 rings (SSSR count). The second kappa shape index (κ2) is 5.55. The summed E-state index contributed by atoms with van der Waals surface area (Å²) in [5.74, 6) is -0.0818. The second-order valence-electron chi connectivity index (χ2n) is 5.31. The molecule has 0 radical (unpaired) electrons. The Bertz CT molecular complexity index is 671. The number of nitrogens with zero attached hydrogens (tertiary/aromatic N) is 5. The molecule has 1 aliphatic rings. The Morgan fingerprint density at radius 3 is 3.00 bits per heavy atom. The third-order valence-electron chi connectivity index (χ3n) is 3.90. The van der Waals surface area contributed by atoms with Gasteiger partial charge >= 0.3 is 5.69 Å². The van der Waals surface area contributed by atoms with Crippen LogP contribution in [-0.2, 0) is 18.4 Å². The molecule has 8 nitrogen and oxygen atoms in total. The molecule has 1 amide bonds. The third-order valence-corrected chi connectivity index (χ3v) is 3.90. The van der Waals surface area contributed by atoms with Crippen molar-refractivity contribution in [2.24, 2.45) is 7.05 Å². The van der Waals surface area contributed by atoms with Gasteiger partial charge in [-0.25, -0.2) is 9.48 Å². The molecule has 1 saturated heterocycles. The highest BCUT2D eigenvalue weighted by Crippen LogP contribution is 2.30. The molecule has 2 aromatic rings. The molecule has 0 spiro atoms. The number of amides is 1. The van der Waals surface area contributed by atoms with Gasteiger partial charge in [-0.1, -0.05) is 0 Å². The van der Waals surface area contributed by atoms with Crippen LogP contribution in [0, 0.1) is 0 Å². The fraction of sp³-hybridized carbons (Fsp3) is 0.538. The lowest BCUT2D eigenvalue weighted by atomic mass is 9.97. The Morgan fingerprint density at radius 1 is 1.48 bits per heavy atom. The zero-order valence-corrected chi connectivity index (χ0v) is 11.9. The number of carbonyl (C=O) groups excluding carboxylic acids is 1. The molecule has 1 N–H and O–H groups in total. The van der Waals surface area contributed by atoms with Crippen LogP contribution in [0.4, 0.5) is 0 Å². The smallest absolute Gasteiger partial charge is 0.334 e. The number of rotatable bonds is 3. The molecular weight excluding hydrogens is 272 g/mol. The van der Waals surface area contributed by atoms with E-state index in [0.29, 0.717) is 6.54 Å². The molecule has 0 bridgehead atoms. The first kappa shape index (κ1) is 13.6. The van der Waals surface area contributed by atoms with Crippen LogP contribution in [-0.4, -0.2) is 41.9 Å². The lowest BCUT2D eigenvalue weighted by Gasteiger charge is -2.35. The zero-order chi connectivity index (χ0) is 14.8. The van der Waals surface area contributed by atoms with Gasteiger partial charge in [0, 0.05) is 25.4 Å². The molecule has 2 aromatic heterocycles.